The van der Waals surface area contributed by atoms with E-state index >= 15 is 0 Å². The van der Waals surface area contributed by atoms with Gasteiger partial charge in [-0.25, -0.2) is 4.79 Å². The van der Waals surface area contributed by atoms with Crippen LogP contribution in [0.25, 0.3) is 0 Å². The Labute approximate surface area is 166 Å². The van der Waals surface area contributed by atoms with E-state index in [4.69, 9.17) is 0 Å². The topological polar surface area (TPSA) is 78.5 Å². The Morgan fingerprint density at radius 3 is 2.71 bits per heavy atom. The molecule has 4 rings (SSSR count). The van der Waals surface area contributed by atoms with Crippen molar-refractivity contribution in [3.8, 4) is 0 Å². The summed E-state index contributed by atoms with van der Waals surface area (Å²) in [5.41, 5.74) is 2.49. The van der Waals surface area contributed by atoms with Gasteiger partial charge in [-0.1, -0.05) is 25.5 Å². The molecule has 1 heterocycles. The van der Waals surface area contributed by atoms with Gasteiger partial charge in [-0.2, -0.15) is 0 Å². The minimum atomic E-state index is -0.797. The molecule has 6 nitrogen and oxygen atoms in total. The maximum absolute atomic E-state index is 13.0. The molecule has 3 aliphatic rings. The van der Waals surface area contributed by atoms with E-state index in [9.17, 15) is 14.4 Å². The van der Waals surface area contributed by atoms with Crippen LogP contribution in [-0.2, 0) is 22.4 Å². The van der Waals surface area contributed by atoms with Crippen LogP contribution in [0.4, 0.5) is 10.5 Å². The molecule has 2 aliphatic carbocycles. The summed E-state index contributed by atoms with van der Waals surface area (Å²) in [5.74, 6) is 0.0657. The molecule has 4 amide bonds. The number of hydrogen-bond acceptors (Lipinski definition) is 3. The van der Waals surface area contributed by atoms with Crippen molar-refractivity contribution in [3.63, 3.8) is 0 Å². The van der Waals surface area contributed by atoms with Gasteiger partial charge in [-0.15, -0.1) is 0 Å². The van der Waals surface area contributed by atoms with Gasteiger partial charge in [0, 0.05) is 5.69 Å². The Kier molecular flexibility index (Phi) is 5.13. The first kappa shape index (κ1) is 19.0. The van der Waals surface area contributed by atoms with Gasteiger partial charge in [0.15, 0.2) is 0 Å². The van der Waals surface area contributed by atoms with Gasteiger partial charge >= 0.3 is 6.03 Å². The van der Waals surface area contributed by atoms with E-state index in [0.717, 1.165) is 49.1 Å². The van der Waals surface area contributed by atoms with Crippen molar-refractivity contribution < 1.29 is 14.4 Å². The molecule has 28 heavy (non-hydrogen) atoms. The van der Waals surface area contributed by atoms with E-state index in [-0.39, 0.29) is 18.4 Å². The van der Waals surface area contributed by atoms with Crippen LogP contribution in [0.2, 0.25) is 0 Å². The van der Waals surface area contributed by atoms with Gasteiger partial charge in [-0.05, 0) is 74.5 Å². The average Bonchev–Trinajstić information content (AvgIpc) is 2.93. The number of benzene rings is 1. The van der Waals surface area contributed by atoms with Crippen LogP contribution in [0.5, 0.6) is 0 Å². The standard InChI is InChI=1S/C22H29N3O3/c1-2-15-10-12-22(13-11-15)20(27)25(21(28)24-22)14-19(26)23-18-9-5-7-16-6-3-4-8-17(16)18/h5,7,9,15H,2-4,6,8,10-14H2,1H3,(H,23,26)(H,24,28). The monoisotopic (exact) mass is 383 g/mol. The molecule has 1 aromatic rings. The second-order valence-corrected chi connectivity index (χ2v) is 8.45. The molecule has 1 spiro atoms. The van der Waals surface area contributed by atoms with Gasteiger partial charge in [-0.3, -0.25) is 14.5 Å². The fourth-order valence-corrected chi connectivity index (χ4v) is 4.97. The summed E-state index contributed by atoms with van der Waals surface area (Å²) in [7, 11) is 0. The molecule has 0 atom stereocenters. The molecular weight excluding hydrogens is 354 g/mol. The molecular formula is C22H29N3O3. The lowest BCUT2D eigenvalue weighted by Crippen LogP contribution is -2.49. The van der Waals surface area contributed by atoms with Gasteiger partial charge in [0.05, 0.1) is 0 Å². The first-order valence-electron chi connectivity index (χ1n) is 10.6. The molecule has 2 fully saturated rings. The van der Waals surface area contributed by atoms with Crippen LogP contribution >= 0.6 is 0 Å². The van der Waals surface area contributed by atoms with Gasteiger partial charge in [0.1, 0.15) is 12.1 Å². The lowest BCUT2D eigenvalue weighted by Gasteiger charge is -2.34. The highest BCUT2D eigenvalue weighted by atomic mass is 16.2. The largest absolute Gasteiger partial charge is 0.325 e. The van der Waals surface area contributed by atoms with Gasteiger partial charge in [0.2, 0.25) is 5.91 Å². The second-order valence-electron chi connectivity index (χ2n) is 8.45. The van der Waals surface area contributed by atoms with E-state index in [1.54, 1.807) is 0 Å². The molecule has 0 bridgehead atoms. The van der Waals surface area contributed by atoms with Crippen molar-refractivity contribution in [2.45, 2.75) is 70.3 Å². The predicted octanol–water partition coefficient (Wildman–Crippen LogP) is 3.39. The minimum absolute atomic E-state index is 0.229. The summed E-state index contributed by atoms with van der Waals surface area (Å²) in [4.78, 5) is 39.1. The highest BCUT2D eigenvalue weighted by Crippen LogP contribution is 2.37. The third-order valence-corrected chi connectivity index (χ3v) is 6.75. The number of fused-ring (bicyclic) bond motifs is 1. The summed E-state index contributed by atoms with van der Waals surface area (Å²) >= 11 is 0. The number of aryl methyl sites for hydroxylation is 1. The maximum Gasteiger partial charge on any atom is 0.325 e. The summed E-state index contributed by atoms with van der Waals surface area (Å²) in [6, 6.07) is 5.53. The SMILES string of the molecule is CCC1CCC2(CC1)NC(=O)N(CC(=O)Nc1cccc3c1CCCC3)C2=O. The summed E-state index contributed by atoms with van der Waals surface area (Å²) in [5, 5.41) is 5.82. The van der Waals surface area contributed by atoms with Crippen molar-refractivity contribution in [3.05, 3.63) is 29.3 Å². The molecule has 1 saturated carbocycles. The number of rotatable bonds is 4. The summed E-state index contributed by atoms with van der Waals surface area (Å²) in [6.07, 6.45) is 8.61. The Morgan fingerprint density at radius 2 is 1.96 bits per heavy atom. The van der Waals surface area contributed by atoms with Gasteiger partial charge in [0.25, 0.3) is 5.91 Å². The molecule has 6 heteroatoms. The first-order chi connectivity index (χ1) is 13.5. The van der Waals surface area contributed by atoms with Crippen LogP contribution < -0.4 is 10.6 Å². The van der Waals surface area contributed by atoms with E-state index < -0.39 is 11.6 Å². The number of hydrogen-bond donors (Lipinski definition) is 2. The van der Waals surface area contributed by atoms with Crippen molar-refractivity contribution >= 4 is 23.5 Å². The number of carbonyl (C=O) groups excluding carboxylic acids is 3. The number of urea groups is 1. The molecule has 1 aromatic carbocycles. The van der Waals surface area contributed by atoms with E-state index in [1.165, 1.54) is 17.5 Å². The van der Waals surface area contributed by atoms with Crippen LogP contribution in [0.3, 0.4) is 0 Å². The molecule has 0 aromatic heterocycles. The number of nitrogens with one attached hydrogen (secondary N) is 2. The predicted molar refractivity (Wildman–Crippen MR) is 107 cm³/mol. The van der Waals surface area contributed by atoms with Crippen LogP contribution in [0.1, 0.15) is 63.0 Å². The molecule has 2 N–H and O–H groups in total. The smallest absolute Gasteiger partial charge is 0.324 e. The number of carbonyl (C=O) groups is 3. The molecule has 0 unspecified atom stereocenters. The number of amides is 4. The fraction of sp³-hybridized carbons (Fsp3) is 0.591. The fourth-order valence-electron chi connectivity index (χ4n) is 4.97. The highest BCUT2D eigenvalue weighted by molar-refractivity contribution is 6.10. The zero-order valence-electron chi connectivity index (χ0n) is 16.6. The van der Waals surface area contributed by atoms with Crippen molar-refractivity contribution in [2.24, 2.45) is 5.92 Å². The Hall–Kier alpha value is -2.37. The Bertz CT molecular complexity index is 796. The van der Waals surface area contributed by atoms with Crippen molar-refractivity contribution in [1.82, 2.24) is 10.2 Å². The molecule has 150 valence electrons. The Morgan fingerprint density at radius 1 is 1.21 bits per heavy atom. The normalized spacial score (nSPS) is 26.9. The molecule has 1 aliphatic heterocycles. The lowest BCUT2D eigenvalue weighted by atomic mass is 9.75. The average molecular weight is 383 g/mol. The quantitative estimate of drug-likeness (QED) is 0.782. The Balaban J connectivity index is 1.43. The van der Waals surface area contributed by atoms with Crippen LogP contribution in [-0.4, -0.2) is 34.8 Å². The van der Waals surface area contributed by atoms with E-state index in [1.807, 2.05) is 12.1 Å². The maximum atomic E-state index is 13.0. The number of nitrogens with zero attached hydrogens (tertiary/aromatic N) is 1. The van der Waals surface area contributed by atoms with E-state index in [2.05, 4.69) is 23.6 Å². The first-order valence-corrected chi connectivity index (χ1v) is 10.6. The van der Waals surface area contributed by atoms with Crippen molar-refractivity contribution in [1.29, 1.82) is 0 Å². The summed E-state index contributed by atoms with van der Waals surface area (Å²) in [6.45, 7) is 1.93. The van der Waals surface area contributed by atoms with E-state index in [0.29, 0.717) is 18.8 Å². The number of anilines is 1. The highest BCUT2D eigenvalue weighted by Gasteiger charge is 2.52. The zero-order valence-corrected chi connectivity index (χ0v) is 16.6. The number of imide groups is 1. The third kappa shape index (κ3) is 3.40. The summed E-state index contributed by atoms with van der Waals surface area (Å²) < 4.78 is 0. The zero-order chi connectivity index (χ0) is 19.7. The van der Waals surface area contributed by atoms with Gasteiger partial charge < -0.3 is 10.6 Å². The van der Waals surface area contributed by atoms with Crippen LogP contribution in [0.15, 0.2) is 18.2 Å². The molecule has 0 radical (unpaired) electrons. The minimum Gasteiger partial charge on any atom is -0.324 e. The molecule has 1 saturated heterocycles. The van der Waals surface area contributed by atoms with Crippen molar-refractivity contribution in [2.75, 3.05) is 11.9 Å². The lowest BCUT2D eigenvalue weighted by molar-refractivity contribution is -0.135. The second kappa shape index (κ2) is 7.57. The third-order valence-electron chi connectivity index (χ3n) is 6.75. The van der Waals surface area contributed by atoms with Crippen LogP contribution in [0, 0.1) is 5.92 Å².